The number of fused-ring (bicyclic) bond motifs is 1. The van der Waals surface area contributed by atoms with Crippen molar-refractivity contribution in [1.82, 2.24) is 4.90 Å². The summed E-state index contributed by atoms with van der Waals surface area (Å²) < 4.78 is 4.90. The Hall–Kier alpha value is -3.49. The van der Waals surface area contributed by atoms with Crippen molar-refractivity contribution in [3.63, 3.8) is 0 Å². The minimum atomic E-state index is -0.711. The second-order valence-corrected chi connectivity index (χ2v) is 6.85. The number of anilines is 1. The van der Waals surface area contributed by atoms with Crippen LogP contribution in [0, 0.1) is 11.8 Å². The molecular formula is C20H21N3O6. The number of primary amides is 1. The average molecular weight is 399 g/mol. The highest BCUT2D eigenvalue weighted by Gasteiger charge is 2.46. The number of imide groups is 1. The van der Waals surface area contributed by atoms with E-state index in [0.717, 1.165) is 4.90 Å². The molecule has 29 heavy (non-hydrogen) atoms. The first kappa shape index (κ1) is 20.2. The van der Waals surface area contributed by atoms with Crippen LogP contribution >= 0.6 is 0 Å². The molecule has 4 amide bonds. The molecule has 9 nitrogen and oxygen atoms in total. The number of carbonyl (C=O) groups is 5. The Morgan fingerprint density at radius 2 is 1.69 bits per heavy atom. The van der Waals surface area contributed by atoms with Gasteiger partial charge >= 0.3 is 5.97 Å². The molecule has 0 aromatic heterocycles. The summed E-state index contributed by atoms with van der Waals surface area (Å²) in [5, 5.41) is 2.45. The van der Waals surface area contributed by atoms with Gasteiger partial charge in [-0.15, -0.1) is 0 Å². The molecule has 1 aromatic carbocycles. The topological polar surface area (TPSA) is 136 Å². The Balaban J connectivity index is 1.46. The molecule has 1 heterocycles. The van der Waals surface area contributed by atoms with E-state index in [1.165, 1.54) is 12.1 Å². The highest BCUT2D eigenvalue weighted by Crippen LogP contribution is 2.34. The molecule has 2 aliphatic rings. The summed E-state index contributed by atoms with van der Waals surface area (Å²) in [6, 6.07) is 6.17. The molecule has 0 saturated carbocycles. The van der Waals surface area contributed by atoms with Crippen molar-refractivity contribution in [3.8, 4) is 0 Å². The van der Waals surface area contributed by atoms with Crippen LogP contribution in [0.4, 0.5) is 5.69 Å². The van der Waals surface area contributed by atoms with E-state index in [0.29, 0.717) is 12.8 Å². The number of hydrogen-bond acceptors (Lipinski definition) is 6. The first-order valence-electron chi connectivity index (χ1n) is 9.23. The van der Waals surface area contributed by atoms with E-state index < -0.39 is 24.4 Å². The molecule has 1 saturated heterocycles. The number of rotatable bonds is 7. The second kappa shape index (κ2) is 8.68. The number of nitrogens with one attached hydrogen (secondary N) is 1. The van der Waals surface area contributed by atoms with Crippen LogP contribution < -0.4 is 11.1 Å². The predicted octanol–water partition coefficient (Wildman–Crippen LogP) is 0.608. The van der Waals surface area contributed by atoms with Crippen molar-refractivity contribution in [1.29, 1.82) is 0 Å². The quantitative estimate of drug-likeness (QED) is 0.392. The molecule has 9 heteroatoms. The number of amides is 4. The predicted molar refractivity (Wildman–Crippen MR) is 101 cm³/mol. The Morgan fingerprint density at radius 3 is 2.31 bits per heavy atom. The van der Waals surface area contributed by atoms with Gasteiger partial charge in [0.05, 0.1) is 29.5 Å². The first-order valence-corrected chi connectivity index (χ1v) is 9.23. The standard InChI is InChI=1S/C20H21N3O6/c21-18(26)14-7-3-4-8-15(14)22-16(24)11-29-17(25)9-10-23-19(27)12-5-1-2-6-13(12)20(23)28/h1-4,7-8,12-13H,5-6,9-11H2,(H2,21,26)(H,22,24)/t12-,13-/m0/s1. The fourth-order valence-electron chi connectivity index (χ4n) is 3.50. The molecule has 1 aliphatic heterocycles. The van der Waals surface area contributed by atoms with Gasteiger partial charge < -0.3 is 15.8 Å². The number of nitrogens with zero attached hydrogens (tertiary/aromatic N) is 1. The van der Waals surface area contributed by atoms with Crippen LogP contribution in [0.3, 0.4) is 0 Å². The number of benzene rings is 1. The van der Waals surface area contributed by atoms with Gasteiger partial charge in [-0.05, 0) is 25.0 Å². The number of hydrogen-bond donors (Lipinski definition) is 2. The molecule has 1 fully saturated rings. The number of esters is 1. The number of allylic oxidation sites excluding steroid dienone is 2. The van der Waals surface area contributed by atoms with Crippen LogP contribution in [0.15, 0.2) is 36.4 Å². The number of likely N-dealkylation sites (tertiary alicyclic amines) is 1. The largest absolute Gasteiger partial charge is 0.456 e. The summed E-state index contributed by atoms with van der Waals surface area (Å²) in [5.41, 5.74) is 5.59. The minimum absolute atomic E-state index is 0.0738. The zero-order valence-corrected chi connectivity index (χ0v) is 15.6. The molecule has 2 atom stereocenters. The van der Waals surface area contributed by atoms with E-state index in [-0.39, 0.29) is 47.9 Å². The molecule has 1 aliphatic carbocycles. The second-order valence-electron chi connectivity index (χ2n) is 6.85. The van der Waals surface area contributed by atoms with E-state index in [4.69, 9.17) is 10.5 Å². The summed E-state index contributed by atoms with van der Waals surface area (Å²) in [4.78, 5) is 61.0. The van der Waals surface area contributed by atoms with Crippen molar-refractivity contribution < 1.29 is 28.7 Å². The van der Waals surface area contributed by atoms with E-state index in [2.05, 4.69) is 5.32 Å². The summed E-state index contributed by atoms with van der Waals surface area (Å²) in [6.45, 7) is -0.640. The van der Waals surface area contributed by atoms with Gasteiger partial charge in [0.2, 0.25) is 11.8 Å². The lowest BCUT2D eigenvalue weighted by Gasteiger charge is -2.14. The van der Waals surface area contributed by atoms with E-state index in [1.54, 1.807) is 12.1 Å². The van der Waals surface area contributed by atoms with E-state index in [1.807, 2.05) is 12.2 Å². The zero-order valence-electron chi connectivity index (χ0n) is 15.6. The third-order valence-corrected chi connectivity index (χ3v) is 4.97. The maximum Gasteiger partial charge on any atom is 0.308 e. The van der Waals surface area contributed by atoms with E-state index in [9.17, 15) is 24.0 Å². The Morgan fingerprint density at radius 1 is 1.07 bits per heavy atom. The normalized spacial score (nSPS) is 20.3. The van der Waals surface area contributed by atoms with Crippen molar-refractivity contribution in [2.24, 2.45) is 17.6 Å². The minimum Gasteiger partial charge on any atom is -0.456 e. The van der Waals surface area contributed by atoms with Gasteiger partial charge in [0.15, 0.2) is 6.61 Å². The first-order chi connectivity index (χ1) is 13.9. The van der Waals surface area contributed by atoms with Crippen molar-refractivity contribution in [2.75, 3.05) is 18.5 Å². The number of para-hydroxylation sites is 1. The highest BCUT2D eigenvalue weighted by molar-refractivity contribution is 6.06. The van der Waals surface area contributed by atoms with Gasteiger partial charge in [0.25, 0.3) is 11.8 Å². The average Bonchev–Trinajstić information content (AvgIpc) is 2.95. The van der Waals surface area contributed by atoms with Gasteiger partial charge in [0, 0.05) is 6.54 Å². The monoisotopic (exact) mass is 399 g/mol. The lowest BCUT2D eigenvalue weighted by atomic mass is 9.85. The van der Waals surface area contributed by atoms with Crippen molar-refractivity contribution in [2.45, 2.75) is 19.3 Å². The molecule has 3 rings (SSSR count). The Kier molecular flexibility index (Phi) is 6.06. The van der Waals surface area contributed by atoms with Gasteiger partial charge in [-0.2, -0.15) is 0 Å². The highest BCUT2D eigenvalue weighted by atomic mass is 16.5. The van der Waals surface area contributed by atoms with Gasteiger partial charge in [-0.1, -0.05) is 24.3 Å². The van der Waals surface area contributed by atoms with Crippen molar-refractivity contribution in [3.05, 3.63) is 42.0 Å². The smallest absolute Gasteiger partial charge is 0.308 e. The third kappa shape index (κ3) is 4.50. The van der Waals surface area contributed by atoms with Gasteiger partial charge in [-0.3, -0.25) is 28.9 Å². The molecular weight excluding hydrogens is 378 g/mol. The van der Waals surface area contributed by atoms with E-state index >= 15 is 0 Å². The maximum absolute atomic E-state index is 12.3. The summed E-state index contributed by atoms with van der Waals surface area (Å²) >= 11 is 0. The SMILES string of the molecule is NC(=O)c1ccccc1NC(=O)COC(=O)CCN1C(=O)[C@H]2CC=CC[C@@H]2C1=O. The molecule has 1 aromatic rings. The van der Waals surface area contributed by atoms with Crippen LogP contribution in [-0.4, -0.2) is 47.6 Å². The lowest BCUT2D eigenvalue weighted by Crippen LogP contribution is -2.33. The Bertz CT molecular complexity index is 868. The van der Waals surface area contributed by atoms with Gasteiger partial charge in [0.1, 0.15) is 0 Å². The summed E-state index contributed by atoms with van der Waals surface area (Å²) in [7, 11) is 0. The third-order valence-electron chi connectivity index (χ3n) is 4.97. The van der Waals surface area contributed by atoms with Gasteiger partial charge in [-0.25, -0.2) is 0 Å². The molecule has 152 valence electrons. The summed E-state index contributed by atoms with van der Waals surface area (Å²) in [5.74, 6) is -3.28. The van der Waals surface area contributed by atoms with Crippen molar-refractivity contribution >= 4 is 35.3 Å². The molecule has 0 unspecified atom stereocenters. The van der Waals surface area contributed by atoms with Crippen LogP contribution in [0.5, 0.6) is 0 Å². The van der Waals surface area contributed by atoms with Crippen LogP contribution in [-0.2, 0) is 23.9 Å². The summed E-state index contributed by atoms with van der Waals surface area (Å²) in [6.07, 6.45) is 4.64. The Labute approximate surface area is 166 Å². The number of nitrogens with two attached hydrogens (primary N) is 1. The fourth-order valence-corrected chi connectivity index (χ4v) is 3.50. The molecule has 0 radical (unpaired) electrons. The van der Waals surface area contributed by atoms with Crippen LogP contribution in [0.25, 0.3) is 0 Å². The lowest BCUT2D eigenvalue weighted by molar-refractivity contribution is -0.148. The molecule has 3 N–H and O–H groups in total. The zero-order chi connectivity index (χ0) is 21.0. The van der Waals surface area contributed by atoms with Crippen LogP contribution in [0.2, 0.25) is 0 Å². The molecule has 0 spiro atoms. The molecule has 0 bridgehead atoms. The number of ether oxygens (including phenoxy) is 1. The fraction of sp³-hybridized carbons (Fsp3) is 0.350. The van der Waals surface area contributed by atoms with Crippen LogP contribution in [0.1, 0.15) is 29.6 Å². The maximum atomic E-state index is 12.3. The number of carbonyl (C=O) groups excluding carboxylic acids is 5.